The molecule has 1 amide bonds. The lowest BCUT2D eigenvalue weighted by atomic mass is 9.77. The molecular weight excluding hydrogens is 314 g/mol. The van der Waals surface area contributed by atoms with Crippen LogP contribution in [0.1, 0.15) is 47.9 Å². The molecule has 3 rings (SSSR count). The van der Waals surface area contributed by atoms with E-state index in [1.54, 1.807) is 0 Å². The molecule has 0 bridgehead atoms. The Hall–Kier alpha value is -2.14. The van der Waals surface area contributed by atoms with Crippen molar-refractivity contribution in [1.82, 2.24) is 14.7 Å². The number of hydrogen-bond donors (Lipinski definition) is 1. The molecule has 5 heteroatoms. The maximum absolute atomic E-state index is 13.1. The van der Waals surface area contributed by atoms with E-state index in [9.17, 15) is 9.90 Å². The molecule has 0 unspecified atom stereocenters. The zero-order valence-corrected chi connectivity index (χ0v) is 15.3. The SMILES string of the molecule is CCC1(CO)CCN(C(=O)c2c(C)nn(-c3ccccc3)c2C)CC1. The number of rotatable bonds is 4. The normalized spacial score (nSPS) is 16.9. The molecule has 1 aliphatic rings. The first-order valence-corrected chi connectivity index (χ1v) is 9.03. The number of hydrogen-bond acceptors (Lipinski definition) is 3. The van der Waals surface area contributed by atoms with E-state index in [-0.39, 0.29) is 17.9 Å². The third-order valence-electron chi connectivity index (χ3n) is 5.70. The van der Waals surface area contributed by atoms with Gasteiger partial charge in [-0.3, -0.25) is 4.79 Å². The van der Waals surface area contributed by atoms with Crippen molar-refractivity contribution in [3.63, 3.8) is 0 Å². The number of amides is 1. The van der Waals surface area contributed by atoms with Gasteiger partial charge in [0.2, 0.25) is 0 Å². The molecule has 134 valence electrons. The quantitative estimate of drug-likeness (QED) is 0.929. The molecule has 1 aromatic heterocycles. The number of carbonyl (C=O) groups is 1. The van der Waals surface area contributed by atoms with Gasteiger partial charge in [0.05, 0.1) is 22.6 Å². The fraction of sp³-hybridized carbons (Fsp3) is 0.500. The molecule has 1 saturated heterocycles. The van der Waals surface area contributed by atoms with Crippen molar-refractivity contribution in [2.45, 2.75) is 40.0 Å². The molecule has 2 heterocycles. The summed E-state index contributed by atoms with van der Waals surface area (Å²) in [5.74, 6) is 0.0554. The third kappa shape index (κ3) is 3.21. The summed E-state index contributed by atoms with van der Waals surface area (Å²) in [6.45, 7) is 7.56. The predicted octanol–water partition coefficient (Wildman–Crippen LogP) is 3.11. The largest absolute Gasteiger partial charge is 0.396 e. The molecule has 25 heavy (non-hydrogen) atoms. The Labute approximate surface area is 149 Å². The van der Waals surface area contributed by atoms with E-state index in [1.807, 2.05) is 53.8 Å². The number of aliphatic hydroxyl groups is 1. The maximum atomic E-state index is 13.1. The smallest absolute Gasteiger partial charge is 0.257 e. The van der Waals surface area contributed by atoms with Gasteiger partial charge >= 0.3 is 0 Å². The van der Waals surface area contributed by atoms with E-state index in [0.717, 1.165) is 36.3 Å². The van der Waals surface area contributed by atoms with Crippen LogP contribution in [0.25, 0.3) is 5.69 Å². The van der Waals surface area contributed by atoms with Gasteiger partial charge in [-0.2, -0.15) is 5.10 Å². The Kier molecular flexibility index (Phi) is 4.95. The molecule has 1 fully saturated rings. The monoisotopic (exact) mass is 341 g/mol. The van der Waals surface area contributed by atoms with E-state index in [1.165, 1.54) is 0 Å². The number of benzene rings is 1. The van der Waals surface area contributed by atoms with Crippen LogP contribution >= 0.6 is 0 Å². The lowest BCUT2D eigenvalue weighted by Crippen LogP contribution is -2.44. The van der Waals surface area contributed by atoms with Crippen LogP contribution in [0.2, 0.25) is 0 Å². The van der Waals surface area contributed by atoms with Crippen molar-refractivity contribution < 1.29 is 9.90 Å². The van der Waals surface area contributed by atoms with Crippen LogP contribution < -0.4 is 0 Å². The number of likely N-dealkylation sites (tertiary alicyclic amines) is 1. The van der Waals surface area contributed by atoms with Crippen LogP contribution in [-0.2, 0) is 0 Å². The Morgan fingerprint density at radius 1 is 1.20 bits per heavy atom. The van der Waals surface area contributed by atoms with Gasteiger partial charge in [0, 0.05) is 19.7 Å². The number of carbonyl (C=O) groups excluding carboxylic acids is 1. The van der Waals surface area contributed by atoms with Crippen LogP contribution in [0.5, 0.6) is 0 Å². The zero-order chi connectivity index (χ0) is 18.0. The first kappa shape index (κ1) is 17.7. The summed E-state index contributed by atoms with van der Waals surface area (Å²) < 4.78 is 1.84. The molecule has 1 N–H and O–H groups in total. The molecule has 1 aromatic carbocycles. The van der Waals surface area contributed by atoms with Gasteiger partial charge in [-0.25, -0.2) is 4.68 Å². The standard InChI is InChI=1S/C20H27N3O2/c1-4-20(14-24)10-12-22(13-11-20)19(25)18-15(2)21-23(16(18)3)17-8-6-5-7-9-17/h5-9,24H,4,10-14H2,1-3H3. The molecule has 1 aliphatic heterocycles. The summed E-state index contributed by atoms with van der Waals surface area (Å²) in [6.07, 6.45) is 2.67. The van der Waals surface area contributed by atoms with Gasteiger partial charge in [0.25, 0.3) is 5.91 Å². The minimum Gasteiger partial charge on any atom is -0.396 e. The van der Waals surface area contributed by atoms with Gasteiger partial charge < -0.3 is 10.0 Å². The molecular formula is C20H27N3O2. The molecule has 5 nitrogen and oxygen atoms in total. The molecule has 0 saturated carbocycles. The number of para-hydroxylation sites is 1. The van der Waals surface area contributed by atoms with Crippen molar-refractivity contribution in [3.8, 4) is 5.69 Å². The highest BCUT2D eigenvalue weighted by atomic mass is 16.3. The van der Waals surface area contributed by atoms with Gasteiger partial charge in [-0.15, -0.1) is 0 Å². The minimum atomic E-state index is -0.0188. The second-order valence-electron chi connectivity index (χ2n) is 7.10. The molecule has 0 radical (unpaired) electrons. The first-order chi connectivity index (χ1) is 12.0. The fourth-order valence-electron chi connectivity index (χ4n) is 3.74. The Morgan fingerprint density at radius 2 is 1.84 bits per heavy atom. The summed E-state index contributed by atoms with van der Waals surface area (Å²) in [6, 6.07) is 9.89. The van der Waals surface area contributed by atoms with Crippen LogP contribution in [0.15, 0.2) is 30.3 Å². The summed E-state index contributed by atoms with van der Waals surface area (Å²) in [5, 5.41) is 14.3. The van der Waals surface area contributed by atoms with Crippen molar-refractivity contribution >= 4 is 5.91 Å². The van der Waals surface area contributed by atoms with Crippen molar-refractivity contribution in [2.75, 3.05) is 19.7 Å². The van der Waals surface area contributed by atoms with Crippen molar-refractivity contribution in [3.05, 3.63) is 47.3 Å². The summed E-state index contributed by atoms with van der Waals surface area (Å²) >= 11 is 0. The van der Waals surface area contributed by atoms with E-state index in [0.29, 0.717) is 18.7 Å². The maximum Gasteiger partial charge on any atom is 0.257 e. The number of aliphatic hydroxyl groups excluding tert-OH is 1. The second-order valence-corrected chi connectivity index (χ2v) is 7.10. The average Bonchev–Trinajstić information content (AvgIpc) is 2.96. The summed E-state index contributed by atoms with van der Waals surface area (Å²) in [7, 11) is 0. The summed E-state index contributed by atoms with van der Waals surface area (Å²) in [4.78, 5) is 15.0. The lowest BCUT2D eigenvalue weighted by molar-refractivity contribution is 0.0337. The highest BCUT2D eigenvalue weighted by Gasteiger charge is 2.35. The predicted molar refractivity (Wildman–Crippen MR) is 98.0 cm³/mol. The highest BCUT2D eigenvalue weighted by Crippen LogP contribution is 2.35. The number of aromatic nitrogens is 2. The van der Waals surface area contributed by atoms with Crippen LogP contribution in [0.3, 0.4) is 0 Å². The van der Waals surface area contributed by atoms with Crippen molar-refractivity contribution in [1.29, 1.82) is 0 Å². The number of piperidine rings is 1. The Balaban J connectivity index is 1.83. The third-order valence-corrected chi connectivity index (χ3v) is 5.70. The fourth-order valence-corrected chi connectivity index (χ4v) is 3.74. The van der Waals surface area contributed by atoms with Crippen molar-refractivity contribution in [2.24, 2.45) is 5.41 Å². The van der Waals surface area contributed by atoms with Gasteiger partial charge in [0.1, 0.15) is 0 Å². The number of aryl methyl sites for hydroxylation is 1. The van der Waals surface area contributed by atoms with Crippen LogP contribution in [-0.4, -0.2) is 45.4 Å². The van der Waals surface area contributed by atoms with E-state index in [4.69, 9.17) is 0 Å². The Bertz CT molecular complexity index is 738. The Morgan fingerprint density at radius 3 is 2.40 bits per heavy atom. The van der Waals surface area contributed by atoms with Crippen LogP contribution in [0.4, 0.5) is 0 Å². The number of nitrogens with zero attached hydrogens (tertiary/aromatic N) is 3. The zero-order valence-electron chi connectivity index (χ0n) is 15.3. The highest BCUT2D eigenvalue weighted by molar-refractivity contribution is 5.96. The molecule has 0 aliphatic carbocycles. The molecule has 0 spiro atoms. The van der Waals surface area contributed by atoms with Gasteiger partial charge in [-0.1, -0.05) is 25.1 Å². The van der Waals surface area contributed by atoms with E-state index in [2.05, 4.69) is 12.0 Å². The average molecular weight is 341 g/mol. The van der Waals surface area contributed by atoms with Gasteiger partial charge in [0.15, 0.2) is 0 Å². The van der Waals surface area contributed by atoms with E-state index < -0.39 is 0 Å². The topological polar surface area (TPSA) is 58.4 Å². The minimum absolute atomic E-state index is 0.0188. The van der Waals surface area contributed by atoms with Gasteiger partial charge in [-0.05, 0) is 50.7 Å². The van der Waals surface area contributed by atoms with Crippen LogP contribution in [0, 0.1) is 19.3 Å². The molecule has 0 atom stereocenters. The van der Waals surface area contributed by atoms with E-state index >= 15 is 0 Å². The second kappa shape index (κ2) is 7.00. The summed E-state index contributed by atoms with van der Waals surface area (Å²) in [5.41, 5.74) is 3.29. The first-order valence-electron chi connectivity index (χ1n) is 9.03. The lowest BCUT2D eigenvalue weighted by Gasteiger charge is -2.40. The molecule has 2 aromatic rings.